The quantitative estimate of drug-likeness (QED) is 0.496. The molecule has 1 N–H and O–H groups in total. The van der Waals surface area contributed by atoms with Crippen molar-refractivity contribution in [1.29, 1.82) is 5.26 Å². The van der Waals surface area contributed by atoms with Crippen LogP contribution in [0.4, 0.5) is 10.1 Å². The zero-order valence-electron chi connectivity index (χ0n) is 14.2. The number of hydrogen-bond donors (Lipinski definition) is 1. The molecular formula is C20H15BrFN3S. The van der Waals surface area contributed by atoms with Crippen LogP contribution in [0.1, 0.15) is 16.1 Å². The van der Waals surface area contributed by atoms with Gasteiger partial charge < -0.3 is 5.32 Å². The van der Waals surface area contributed by atoms with Gasteiger partial charge in [0.15, 0.2) is 0 Å². The zero-order valence-corrected chi connectivity index (χ0v) is 16.6. The number of nitrogens with zero attached hydrogens (tertiary/aromatic N) is 2. The Hall–Kier alpha value is -2.49. The van der Waals surface area contributed by atoms with Gasteiger partial charge in [-0.15, -0.1) is 11.3 Å². The summed E-state index contributed by atoms with van der Waals surface area (Å²) in [7, 11) is 0. The molecule has 0 aliphatic rings. The molecule has 3 aromatic rings. The number of aryl methyl sites for hydroxylation is 2. The first-order valence-corrected chi connectivity index (χ1v) is 9.50. The van der Waals surface area contributed by atoms with E-state index in [1.807, 2.05) is 11.4 Å². The third-order valence-electron chi connectivity index (χ3n) is 3.96. The predicted molar refractivity (Wildman–Crippen MR) is 108 cm³/mol. The molecule has 0 amide bonds. The number of anilines is 1. The van der Waals surface area contributed by atoms with E-state index in [1.54, 1.807) is 12.1 Å². The molecule has 1 heterocycles. The minimum absolute atomic E-state index is 0.298. The summed E-state index contributed by atoms with van der Waals surface area (Å²) in [5.41, 5.74) is 4.91. The van der Waals surface area contributed by atoms with Gasteiger partial charge >= 0.3 is 0 Å². The van der Waals surface area contributed by atoms with Gasteiger partial charge in [-0.1, -0.05) is 28.1 Å². The summed E-state index contributed by atoms with van der Waals surface area (Å²) in [6.45, 7) is 4.12. The minimum atomic E-state index is -0.400. The number of aromatic nitrogens is 1. The summed E-state index contributed by atoms with van der Waals surface area (Å²) < 4.78 is 14.5. The summed E-state index contributed by atoms with van der Waals surface area (Å²) in [6, 6.07) is 13.0. The van der Waals surface area contributed by atoms with Crippen molar-refractivity contribution in [2.45, 2.75) is 13.8 Å². The molecule has 0 aliphatic heterocycles. The van der Waals surface area contributed by atoms with E-state index in [0.717, 1.165) is 11.3 Å². The molecule has 0 radical (unpaired) electrons. The van der Waals surface area contributed by atoms with E-state index in [2.05, 4.69) is 58.3 Å². The van der Waals surface area contributed by atoms with Crippen LogP contribution in [0.3, 0.4) is 0 Å². The van der Waals surface area contributed by atoms with E-state index in [1.165, 1.54) is 34.7 Å². The summed E-state index contributed by atoms with van der Waals surface area (Å²) in [4.78, 5) is 4.56. The fraction of sp³-hybridized carbons (Fsp3) is 0.100. The van der Waals surface area contributed by atoms with Gasteiger partial charge in [-0.2, -0.15) is 5.26 Å². The Morgan fingerprint density at radius 3 is 2.73 bits per heavy atom. The van der Waals surface area contributed by atoms with Gasteiger partial charge in [-0.25, -0.2) is 9.37 Å². The minimum Gasteiger partial charge on any atom is -0.358 e. The van der Waals surface area contributed by atoms with Crippen molar-refractivity contribution in [2.24, 2.45) is 0 Å². The van der Waals surface area contributed by atoms with Gasteiger partial charge in [0.1, 0.15) is 22.5 Å². The second kappa shape index (κ2) is 7.81. The van der Waals surface area contributed by atoms with Crippen molar-refractivity contribution >= 4 is 38.5 Å². The maximum atomic E-state index is 13.9. The SMILES string of the molecule is Cc1ccc(-c2csc(C(C#N)=CNc3ccc(Br)cc3F)n2)cc1C. The van der Waals surface area contributed by atoms with E-state index < -0.39 is 5.82 Å². The monoisotopic (exact) mass is 427 g/mol. The van der Waals surface area contributed by atoms with E-state index in [-0.39, 0.29) is 0 Å². The maximum absolute atomic E-state index is 13.9. The van der Waals surface area contributed by atoms with Gasteiger partial charge in [0.2, 0.25) is 0 Å². The molecule has 26 heavy (non-hydrogen) atoms. The molecule has 2 aromatic carbocycles. The van der Waals surface area contributed by atoms with E-state index >= 15 is 0 Å². The van der Waals surface area contributed by atoms with Crippen molar-refractivity contribution in [3.63, 3.8) is 0 Å². The molecule has 0 saturated carbocycles. The molecule has 130 valence electrons. The lowest BCUT2D eigenvalue weighted by atomic mass is 10.1. The molecule has 0 saturated heterocycles. The van der Waals surface area contributed by atoms with E-state index in [0.29, 0.717) is 20.7 Å². The van der Waals surface area contributed by atoms with Crippen LogP contribution >= 0.6 is 27.3 Å². The van der Waals surface area contributed by atoms with Crippen LogP contribution in [0.5, 0.6) is 0 Å². The van der Waals surface area contributed by atoms with Gasteiger partial charge in [-0.05, 0) is 49.2 Å². The number of nitrogens with one attached hydrogen (secondary N) is 1. The first kappa shape index (κ1) is 18.3. The van der Waals surface area contributed by atoms with Crippen molar-refractivity contribution < 1.29 is 4.39 Å². The first-order chi connectivity index (χ1) is 12.5. The molecule has 0 aliphatic carbocycles. The highest BCUT2D eigenvalue weighted by molar-refractivity contribution is 9.10. The summed E-state index contributed by atoms with van der Waals surface area (Å²) >= 11 is 4.60. The molecule has 3 nitrogen and oxygen atoms in total. The molecule has 0 unspecified atom stereocenters. The average Bonchev–Trinajstić information content (AvgIpc) is 3.09. The second-order valence-corrected chi connectivity index (χ2v) is 7.55. The molecule has 3 rings (SSSR count). The fourth-order valence-corrected chi connectivity index (χ4v) is 3.46. The highest BCUT2D eigenvalue weighted by Crippen LogP contribution is 2.28. The van der Waals surface area contributed by atoms with Crippen LogP contribution < -0.4 is 5.32 Å². The van der Waals surface area contributed by atoms with Crippen LogP contribution in [0.2, 0.25) is 0 Å². The largest absolute Gasteiger partial charge is 0.358 e. The second-order valence-electron chi connectivity index (χ2n) is 5.78. The Balaban J connectivity index is 1.86. The highest BCUT2D eigenvalue weighted by Gasteiger charge is 2.10. The Kier molecular flexibility index (Phi) is 5.50. The molecule has 0 bridgehead atoms. The summed E-state index contributed by atoms with van der Waals surface area (Å²) in [5.74, 6) is -0.400. The van der Waals surface area contributed by atoms with E-state index in [4.69, 9.17) is 0 Å². The molecule has 0 fully saturated rings. The van der Waals surface area contributed by atoms with E-state index in [9.17, 15) is 9.65 Å². The third kappa shape index (κ3) is 4.01. The van der Waals surface area contributed by atoms with Gasteiger partial charge in [0.25, 0.3) is 0 Å². The topological polar surface area (TPSA) is 48.7 Å². The highest BCUT2D eigenvalue weighted by atomic mass is 79.9. The molecule has 0 spiro atoms. The number of hydrogen-bond acceptors (Lipinski definition) is 4. The maximum Gasteiger partial charge on any atom is 0.147 e. The predicted octanol–water partition coefficient (Wildman–Crippen LogP) is 6.31. The van der Waals surface area contributed by atoms with Crippen LogP contribution in [-0.4, -0.2) is 4.98 Å². The lowest BCUT2D eigenvalue weighted by molar-refractivity contribution is 0.631. The molecule has 0 atom stereocenters. The smallest absolute Gasteiger partial charge is 0.147 e. The number of nitriles is 1. The summed E-state index contributed by atoms with van der Waals surface area (Å²) in [5, 5.41) is 14.8. The molecular weight excluding hydrogens is 413 g/mol. The fourth-order valence-electron chi connectivity index (χ4n) is 2.33. The summed E-state index contributed by atoms with van der Waals surface area (Å²) in [6.07, 6.45) is 1.48. The van der Waals surface area contributed by atoms with Gasteiger partial charge in [-0.3, -0.25) is 0 Å². The Labute approximate surface area is 164 Å². The Bertz CT molecular complexity index is 1030. The van der Waals surface area contributed by atoms with Crippen molar-refractivity contribution in [2.75, 3.05) is 5.32 Å². The van der Waals surface area contributed by atoms with Crippen molar-refractivity contribution in [1.82, 2.24) is 4.98 Å². The lowest BCUT2D eigenvalue weighted by Crippen LogP contribution is -1.94. The van der Waals surface area contributed by atoms with Crippen LogP contribution in [0, 0.1) is 31.0 Å². The third-order valence-corrected chi connectivity index (χ3v) is 5.33. The van der Waals surface area contributed by atoms with Crippen LogP contribution in [-0.2, 0) is 0 Å². The first-order valence-electron chi connectivity index (χ1n) is 7.83. The van der Waals surface area contributed by atoms with Crippen LogP contribution in [0.25, 0.3) is 16.8 Å². The lowest BCUT2D eigenvalue weighted by Gasteiger charge is -2.04. The Morgan fingerprint density at radius 1 is 1.23 bits per heavy atom. The average molecular weight is 428 g/mol. The van der Waals surface area contributed by atoms with Crippen molar-refractivity contribution in [3.8, 4) is 17.3 Å². The normalized spacial score (nSPS) is 11.3. The van der Waals surface area contributed by atoms with Gasteiger partial charge in [0, 0.05) is 21.6 Å². The standard InChI is InChI=1S/C20H15BrFN3S/c1-12-3-4-14(7-13(12)2)19-11-26-20(25-19)15(9-23)10-24-18-6-5-16(21)8-17(18)22/h3-8,10-11,24H,1-2H3. The molecule has 1 aromatic heterocycles. The molecule has 6 heteroatoms. The number of halogens is 2. The number of benzene rings is 2. The van der Waals surface area contributed by atoms with Crippen molar-refractivity contribution in [3.05, 3.63) is 74.4 Å². The Morgan fingerprint density at radius 2 is 2.04 bits per heavy atom. The number of rotatable bonds is 4. The zero-order chi connectivity index (χ0) is 18.7. The van der Waals surface area contributed by atoms with Gasteiger partial charge in [0.05, 0.1) is 11.4 Å². The number of allylic oxidation sites excluding steroid dienone is 1. The number of thiazole rings is 1. The van der Waals surface area contributed by atoms with Crippen LogP contribution in [0.15, 0.2) is 52.5 Å².